The third-order valence-electron chi connectivity index (χ3n) is 3.82. The lowest BCUT2D eigenvalue weighted by Crippen LogP contribution is -2.39. The van der Waals surface area contributed by atoms with Gasteiger partial charge in [0.2, 0.25) is 5.65 Å². The van der Waals surface area contributed by atoms with Crippen molar-refractivity contribution in [2.45, 2.75) is 37.8 Å². The van der Waals surface area contributed by atoms with E-state index in [-0.39, 0.29) is 0 Å². The van der Waals surface area contributed by atoms with Gasteiger partial charge in [-0.15, -0.1) is 10.2 Å². The summed E-state index contributed by atoms with van der Waals surface area (Å²) in [5.41, 5.74) is 6.76. The maximum atomic E-state index is 5.95. The summed E-state index contributed by atoms with van der Waals surface area (Å²) in [5.74, 6) is 0.899. The minimum absolute atomic E-state index is 0.367. The Morgan fingerprint density at radius 3 is 2.89 bits per heavy atom. The second-order valence-corrected chi connectivity index (χ2v) is 4.99. The van der Waals surface area contributed by atoms with Gasteiger partial charge >= 0.3 is 0 Å². The van der Waals surface area contributed by atoms with E-state index in [4.69, 9.17) is 5.73 Å². The van der Waals surface area contributed by atoms with Crippen molar-refractivity contribution in [1.29, 1.82) is 0 Å². The first-order valence-electron chi connectivity index (χ1n) is 6.38. The molecular weight excluding hydrogens is 228 g/mol. The van der Waals surface area contributed by atoms with Crippen molar-refractivity contribution in [3.8, 4) is 0 Å². The molecule has 0 bridgehead atoms. The molecule has 0 spiro atoms. The first-order valence-corrected chi connectivity index (χ1v) is 6.38. The van der Waals surface area contributed by atoms with Crippen LogP contribution in [0.4, 0.5) is 5.82 Å². The molecule has 0 atom stereocenters. The smallest absolute Gasteiger partial charge is 0.203 e. The largest absolute Gasteiger partial charge is 0.354 e. The zero-order valence-corrected chi connectivity index (χ0v) is 10.5. The molecule has 0 amide bonds. The second-order valence-electron chi connectivity index (χ2n) is 4.99. The van der Waals surface area contributed by atoms with Crippen LogP contribution >= 0.6 is 0 Å². The van der Waals surface area contributed by atoms with E-state index < -0.39 is 0 Å². The molecule has 2 aromatic heterocycles. The van der Waals surface area contributed by atoms with Gasteiger partial charge in [-0.3, -0.25) is 4.40 Å². The van der Waals surface area contributed by atoms with Gasteiger partial charge in [-0.2, -0.15) is 0 Å². The standard InChI is InChI=1S/C12H18N6/c1-17(10-4-2-9(13)3-5-10)11-12-16-15-8-18(12)7-6-14-11/h6-10H,2-5,13H2,1H3. The molecule has 3 rings (SSSR count). The summed E-state index contributed by atoms with van der Waals surface area (Å²) in [6.45, 7) is 0. The third-order valence-corrected chi connectivity index (χ3v) is 3.82. The Morgan fingerprint density at radius 1 is 1.33 bits per heavy atom. The van der Waals surface area contributed by atoms with Crippen molar-refractivity contribution in [2.75, 3.05) is 11.9 Å². The van der Waals surface area contributed by atoms with E-state index >= 15 is 0 Å². The van der Waals surface area contributed by atoms with E-state index in [1.807, 2.05) is 10.6 Å². The van der Waals surface area contributed by atoms with Crippen LogP contribution in [0.15, 0.2) is 18.7 Å². The molecule has 0 radical (unpaired) electrons. The summed E-state index contributed by atoms with van der Waals surface area (Å²) < 4.78 is 1.90. The van der Waals surface area contributed by atoms with Gasteiger partial charge in [-0.25, -0.2) is 4.98 Å². The number of hydrogen-bond donors (Lipinski definition) is 1. The van der Waals surface area contributed by atoms with Crippen molar-refractivity contribution in [2.24, 2.45) is 5.73 Å². The minimum Gasteiger partial charge on any atom is -0.354 e. The number of hydrogen-bond acceptors (Lipinski definition) is 5. The fourth-order valence-corrected chi connectivity index (χ4v) is 2.66. The van der Waals surface area contributed by atoms with Crippen LogP contribution in [0.5, 0.6) is 0 Å². The van der Waals surface area contributed by atoms with Gasteiger partial charge in [0.25, 0.3) is 0 Å². The molecule has 96 valence electrons. The molecule has 6 nitrogen and oxygen atoms in total. The normalized spacial score (nSPS) is 24.3. The summed E-state index contributed by atoms with van der Waals surface area (Å²) in [4.78, 5) is 6.66. The van der Waals surface area contributed by atoms with Gasteiger partial charge < -0.3 is 10.6 Å². The molecular formula is C12H18N6. The number of rotatable bonds is 2. The van der Waals surface area contributed by atoms with Crippen molar-refractivity contribution in [3.63, 3.8) is 0 Å². The Balaban J connectivity index is 1.87. The quantitative estimate of drug-likeness (QED) is 0.849. The highest BCUT2D eigenvalue weighted by Gasteiger charge is 2.24. The molecule has 6 heteroatoms. The number of anilines is 1. The van der Waals surface area contributed by atoms with Crippen molar-refractivity contribution < 1.29 is 0 Å². The lowest BCUT2D eigenvalue weighted by molar-refractivity contribution is 0.384. The van der Waals surface area contributed by atoms with Crippen molar-refractivity contribution >= 4 is 11.5 Å². The molecule has 0 saturated heterocycles. The van der Waals surface area contributed by atoms with E-state index in [1.54, 1.807) is 12.5 Å². The average Bonchev–Trinajstić information content (AvgIpc) is 2.87. The highest BCUT2D eigenvalue weighted by Crippen LogP contribution is 2.26. The first kappa shape index (κ1) is 11.4. The molecule has 0 aliphatic heterocycles. The van der Waals surface area contributed by atoms with Crippen molar-refractivity contribution in [3.05, 3.63) is 18.7 Å². The fraction of sp³-hybridized carbons (Fsp3) is 0.583. The van der Waals surface area contributed by atoms with Gasteiger partial charge in [0, 0.05) is 31.5 Å². The maximum absolute atomic E-state index is 5.95. The number of nitrogens with zero attached hydrogens (tertiary/aromatic N) is 5. The van der Waals surface area contributed by atoms with Gasteiger partial charge in [-0.05, 0) is 25.7 Å². The number of fused-ring (bicyclic) bond motifs is 1. The molecule has 2 aromatic rings. The predicted molar refractivity (Wildman–Crippen MR) is 69.4 cm³/mol. The lowest BCUT2D eigenvalue weighted by Gasteiger charge is -2.34. The number of nitrogens with two attached hydrogens (primary N) is 1. The molecule has 1 fully saturated rings. The lowest BCUT2D eigenvalue weighted by atomic mass is 9.91. The topological polar surface area (TPSA) is 72.3 Å². The molecule has 0 unspecified atom stereocenters. The van der Waals surface area contributed by atoms with Crippen LogP contribution in [-0.4, -0.2) is 38.7 Å². The van der Waals surface area contributed by atoms with Gasteiger partial charge in [0.05, 0.1) is 0 Å². The van der Waals surface area contributed by atoms with Crippen LogP contribution in [0.25, 0.3) is 5.65 Å². The Bertz CT molecular complexity index is 528. The summed E-state index contributed by atoms with van der Waals surface area (Å²) >= 11 is 0. The third kappa shape index (κ3) is 1.92. The molecule has 1 saturated carbocycles. The maximum Gasteiger partial charge on any atom is 0.203 e. The van der Waals surface area contributed by atoms with Gasteiger partial charge in [0.15, 0.2) is 5.82 Å². The molecule has 2 heterocycles. The summed E-state index contributed by atoms with van der Waals surface area (Å²) in [5, 5.41) is 8.06. The van der Waals surface area contributed by atoms with E-state index in [2.05, 4.69) is 27.1 Å². The predicted octanol–water partition coefficient (Wildman–Crippen LogP) is 0.830. The summed E-state index contributed by atoms with van der Waals surface area (Å²) in [6.07, 6.45) is 9.77. The Morgan fingerprint density at radius 2 is 2.11 bits per heavy atom. The summed E-state index contributed by atoms with van der Waals surface area (Å²) in [7, 11) is 2.08. The Labute approximate surface area is 106 Å². The van der Waals surface area contributed by atoms with E-state index in [0.29, 0.717) is 12.1 Å². The Hall–Kier alpha value is -1.69. The summed E-state index contributed by atoms with van der Waals surface area (Å²) in [6, 6.07) is 0.867. The van der Waals surface area contributed by atoms with Crippen LogP contribution in [0.3, 0.4) is 0 Å². The SMILES string of the molecule is CN(c1nccn2cnnc12)C1CCC(N)CC1. The highest BCUT2D eigenvalue weighted by molar-refractivity contribution is 5.63. The monoisotopic (exact) mass is 246 g/mol. The van der Waals surface area contributed by atoms with Crippen molar-refractivity contribution in [1.82, 2.24) is 19.6 Å². The highest BCUT2D eigenvalue weighted by atomic mass is 15.3. The van der Waals surface area contributed by atoms with Crippen LogP contribution < -0.4 is 10.6 Å². The van der Waals surface area contributed by atoms with Crippen LogP contribution in [0.2, 0.25) is 0 Å². The van der Waals surface area contributed by atoms with Gasteiger partial charge in [0.1, 0.15) is 6.33 Å². The van der Waals surface area contributed by atoms with E-state index in [9.17, 15) is 0 Å². The molecule has 1 aliphatic rings. The van der Waals surface area contributed by atoms with Crippen LogP contribution in [0, 0.1) is 0 Å². The zero-order valence-electron chi connectivity index (χ0n) is 10.5. The Kier molecular flexibility index (Phi) is 2.87. The van der Waals surface area contributed by atoms with Crippen LogP contribution in [0.1, 0.15) is 25.7 Å². The average molecular weight is 246 g/mol. The molecule has 1 aliphatic carbocycles. The van der Waals surface area contributed by atoms with Crippen LogP contribution in [-0.2, 0) is 0 Å². The molecule has 0 aromatic carbocycles. The number of aromatic nitrogens is 4. The molecule has 18 heavy (non-hydrogen) atoms. The van der Waals surface area contributed by atoms with Gasteiger partial charge in [-0.1, -0.05) is 0 Å². The zero-order chi connectivity index (χ0) is 12.5. The first-order chi connectivity index (χ1) is 8.75. The fourth-order valence-electron chi connectivity index (χ4n) is 2.66. The molecule has 2 N–H and O–H groups in total. The minimum atomic E-state index is 0.367. The van der Waals surface area contributed by atoms with E-state index in [1.165, 1.54) is 0 Å². The second kappa shape index (κ2) is 4.53. The van der Waals surface area contributed by atoms with E-state index in [0.717, 1.165) is 37.1 Å².